The van der Waals surface area contributed by atoms with E-state index in [0.717, 1.165) is 70.6 Å². The van der Waals surface area contributed by atoms with Crippen LogP contribution in [0, 0.1) is 0 Å². The molecule has 0 aliphatic carbocycles. The Bertz CT molecular complexity index is 1290. The van der Waals surface area contributed by atoms with Crippen molar-refractivity contribution in [2.75, 3.05) is 47.5 Å². The monoisotopic (exact) mass is 860 g/mol. The van der Waals surface area contributed by atoms with Crippen molar-refractivity contribution in [2.24, 2.45) is 0 Å². The van der Waals surface area contributed by atoms with Gasteiger partial charge in [-0.1, -0.05) is 157 Å². The summed E-state index contributed by atoms with van der Waals surface area (Å²) in [4.78, 5) is 37.6. The van der Waals surface area contributed by atoms with Crippen molar-refractivity contribution >= 4 is 19.8 Å². The van der Waals surface area contributed by atoms with Crippen LogP contribution in [-0.2, 0) is 32.7 Å². The van der Waals surface area contributed by atoms with Gasteiger partial charge in [0.25, 0.3) is 7.82 Å². The summed E-state index contributed by atoms with van der Waals surface area (Å²) in [5.74, 6) is -0.932. The standard InChI is InChI=1S/C50H86NO8P/c1-6-8-10-12-14-16-18-20-22-24-25-27-29-31-33-35-37-39-41-43-50(53)59-48(47-58-60(54,55)57-45-44-51(3,4)5)46-56-49(52)42-40-38-36-34-32-30-28-26-23-21-19-17-15-13-11-9-7-2/h8,10,14,16,20,22,25,27-28,30-31,33-34,36,48H,6-7,9,11-13,15,17-19,21,23-24,26,29,32,35,37-47H2,1-5H3/b10-8+,16-14+,22-20+,27-25+,30-28+,33-31+,36-34+/t48-/m1/s1. The van der Waals surface area contributed by atoms with Gasteiger partial charge >= 0.3 is 11.9 Å². The maximum absolute atomic E-state index is 12.7. The number of phosphoric acid groups is 1. The van der Waals surface area contributed by atoms with E-state index < -0.39 is 32.5 Å². The van der Waals surface area contributed by atoms with Crippen LogP contribution >= 0.6 is 7.82 Å². The number of carbonyl (C=O) groups excluding carboxylic acids is 2. The highest BCUT2D eigenvalue weighted by Gasteiger charge is 2.21. The molecule has 0 aromatic carbocycles. The molecule has 0 aromatic heterocycles. The molecule has 0 spiro atoms. The van der Waals surface area contributed by atoms with Crippen molar-refractivity contribution in [1.29, 1.82) is 0 Å². The molecule has 2 atom stereocenters. The molecule has 0 aliphatic rings. The van der Waals surface area contributed by atoms with Crippen LogP contribution < -0.4 is 4.89 Å². The lowest BCUT2D eigenvalue weighted by molar-refractivity contribution is -0.870. The van der Waals surface area contributed by atoms with Gasteiger partial charge in [0.05, 0.1) is 27.7 Å². The van der Waals surface area contributed by atoms with Crippen LogP contribution in [0.5, 0.6) is 0 Å². The van der Waals surface area contributed by atoms with E-state index in [1.54, 1.807) is 0 Å². The lowest BCUT2D eigenvalue weighted by atomic mass is 10.1. The van der Waals surface area contributed by atoms with Crippen molar-refractivity contribution in [3.8, 4) is 0 Å². The maximum atomic E-state index is 12.7. The normalized spacial score (nSPS) is 14.3. The number of ether oxygens (including phenoxy) is 2. The summed E-state index contributed by atoms with van der Waals surface area (Å²) in [6, 6.07) is 0. The first-order chi connectivity index (χ1) is 29.0. The summed E-state index contributed by atoms with van der Waals surface area (Å²) in [7, 11) is 1.11. The number of phosphoric ester groups is 1. The van der Waals surface area contributed by atoms with Crippen LogP contribution in [0.4, 0.5) is 0 Å². The summed E-state index contributed by atoms with van der Waals surface area (Å²) >= 11 is 0. The van der Waals surface area contributed by atoms with Gasteiger partial charge < -0.3 is 27.9 Å². The highest BCUT2D eigenvalue weighted by atomic mass is 31.2. The van der Waals surface area contributed by atoms with E-state index in [1.807, 2.05) is 21.1 Å². The van der Waals surface area contributed by atoms with Gasteiger partial charge in [0, 0.05) is 12.8 Å². The van der Waals surface area contributed by atoms with Crippen LogP contribution in [-0.4, -0.2) is 70.0 Å². The van der Waals surface area contributed by atoms with E-state index in [-0.39, 0.29) is 26.1 Å². The van der Waals surface area contributed by atoms with Crippen molar-refractivity contribution < 1.29 is 42.1 Å². The van der Waals surface area contributed by atoms with Gasteiger partial charge in [0.15, 0.2) is 6.10 Å². The number of carbonyl (C=O) groups is 2. The van der Waals surface area contributed by atoms with Crippen molar-refractivity contribution in [3.05, 3.63) is 85.1 Å². The Labute approximate surface area is 367 Å². The van der Waals surface area contributed by atoms with Crippen molar-refractivity contribution in [3.63, 3.8) is 0 Å². The molecule has 0 saturated heterocycles. The molecule has 1 unspecified atom stereocenters. The highest BCUT2D eigenvalue weighted by molar-refractivity contribution is 7.45. The molecule has 10 heteroatoms. The second-order valence-corrected chi connectivity index (χ2v) is 17.8. The zero-order valence-electron chi connectivity index (χ0n) is 38.6. The number of hydrogen-bond acceptors (Lipinski definition) is 8. The van der Waals surface area contributed by atoms with Gasteiger partial charge in [-0.2, -0.15) is 0 Å². The average molecular weight is 860 g/mol. The Balaban J connectivity index is 4.47. The highest BCUT2D eigenvalue weighted by Crippen LogP contribution is 2.38. The Morgan fingerprint density at radius 2 is 0.967 bits per heavy atom. The molecule has 9 nitrogen and oxygen atoms in total. The third kappa shape index (κ3) is 44.7. The summed E-state index contributed by atoms with van der Waals surface area (Å²) in [6.45, 7) is 4.01. The lowest BCUT2D eigenvalue weighted by Gasteiger charge is -2.28. The van der Waals surface area contributed by atoms with E-state index in [4.69, 9.17) is 18.5 Å². The number of quaternary nitrogens is 1. The van der Waals surface area contributed by atoms with Crippen LogP contribution in [0.1, 0.15) is 168 Å². The first kappa shape index (κ1) is 57.2. The van der Waals surface area contributed by atoms with Gasteiger partial charge in [-0.25, -0.2) is 0 Å². The predicted octanol–water partition coefficient (Wildman–Crippen LogP) is 12.9. The van der Waals surface area contributed by atoms with E-state index in [1.165, 1.54) is 57.8 Å². The Hall–Kier alpha value is -2.81. The quantitative estimate of drug-likeness (QED) is 0.0196. The van der Waals surface area contributed by atoms with Gasteiger partial charge in [0.1, 0.15) is 19.8 Å². The fourth-order valence-corrected chi connectivity index (χ4v) is 6.51. The van der Waals surface area contributed by atoms with E-state index >= 15 is 0 Å². The Morgan fingerprint density at radius 1 is 0.533 bits per heavy atom. The van der Waals surface area contributed by atoms with Gasteiger partial charge in [0.2, 0.25) is 0 Å². The zero-order valence-corrected chi connectivity index (χ0v) is 39.5. The molecule has 0 N–H and O–H groups in total. The number of likely N-dealkylation sites (N-methyl/N-ethyl adjacent to an activating group) is 1. The van der Waals surface area contributed by atoms with E-state index in [9.17, 15) is 19.0 Å². The molecule has 0 amide bonds. The smallest absolute Gasteiger partial charge is 0.306 e. The number of unbranched alkanes of at least 4 members (excludes halogenated alkanes) is 13. The number of nitrogens with zero attached hydrogens (tertiary/aromatic N) is 1. The first-order valence-corrected chi connectivity index (χ1v) is 24.8. The van der Waals surface area contributed by atoms with Gasteiger partial charge in [-0.3, -0.25) is 14.2 Å². The van der Waals surface area contributed by atoms with Crippen molar-refractivity contribution in [1.82, 2.24) is 0 Å². The minimum Gasteiger partial charge on any atom is -0.756 e. The molecule has 0 fully saturated rings. The SMILES string of the molecule is CC/C=C/C/C=C/C/C=C/C/C=C/C/C=C/CCCCCC(=O)O[C@H](COC(=O)CCC/C=C/C/C=C/CCCCCCCCCCC)COP(=O)([O-])OCC[N+](C)(C)C. The Morgan fingerprint density at radius 3 is 1.47 bits per heavy atom. The van der Waals surface area contributed by atoms with Crippen LogP contribution in [0.25, 0.3) is 0 Å². The molecule has 0 rings (SSSR count). The second kappa shape index (κ2) is 41.5. The fraction of sp³-hybridized carbons (Fsp3) is 0.680. The third-order valence-corrected chi connectivity index (χ3v) is 10.4. The molecule has 0 heterocycles. The lowest BCUT2D eigenvalue weighted by Crippen LogP contribution is -2.37. The Kier molecular flexibility index (Phi) is 39.6. The van der Waals surface area contributed by atoms with Crippen LogP contribution in [0.15, 0.2) is 85.1 Å². The summed E-state index contributed by atoms with van der Waals surface area (Å²) < 4.78 is 33.9. The second-order valence-electron chi connectivity index (χ2n) is 16.4. The molecule has 0 saturated carbocycles. The maximum Gasteiger partial charge on any atom is 0.306 e. The molecular formula is C50H86NO8P. The number of allylic oxidation sites excluding steroid dienone is 14. The number of esters is 2. The molecule has 0 aliphatic heterocycles. The van der Waals surface area contributed by atoms with Gasteiger partial charge in [-0.15, -0.1) is 0 Å². The minimum atomic E-state index is -4.65. The molecule has 0 bridgehead atoms. The minimum absolute atomic E-state index is 0.0482. The summed E-state index contributed by atoms with van der Waals surface area (Å²) in [5.41, 5.74) is 0. The number of hydrogen-bond donors (Lipinski definition) is 0. The van der Waals surface area contributed by atoms with E-state index in [2.05, 4.69) is 98.9 Å². The van der Waals surface area contributed by atoms with Crippen molar-refractivity contribution in [2.45, 2.75) is 174 Å². The largest absolute Gasteiger partial charge is 0.756 e. The third-order valence-electron chi connectivity index (χ3n) is 9.40. The summed E-state index contributed by atoms with van der Waals surface area (Å²) in [5, 5.41) is 0. The molecular weight excluding hydrogens is 774 g/mol. The first-order valence-electron chi connectivity index (χ1n) is 23.3. The number of rotatable bonds is 41. The summed E-state index contributed by atoms with van der Waals surface area (Å²) in [6.07, 6.45) is 53.4. The van der Waals surface area contributed by atoms with Crippen LogP contribution in [0.2, 0.25) is 0 Å². The zero-order chi connectivity index (χ0) is 44.3. The van der Waals surface area contributed by atoms with E-state index in [0.29, 0.717) is 23.9 Å². The molecule has 344 valence electrons. The van der Waals surface area contributed by atoms with Gasteiger partial charge in [-0.05, 0) is 83.5 Å². The molecule has 0 radical (unpaired) electrons. The predicted molar refractivity (Wildman–Crippen MR) is 249 cm³/mol. The fourth-order valence-electron chi connectivity index (χ4n) is 5.78. The molecule has 0 aromatic rings. The van der Waals surface area contributed by atoms with Crippen LogP contribution in [0.3, 0.4) is 0 Å². The topological polar surface area (TPSA) is 111 Å². The molecule has 60 heavy (non-hydrogen) atoms. The average Bonchev–Trinajstić information content (AvgIpc) is 3.20.